The number of fused-ring (bicyclic) bond motifs is 1. The third-order valence-electron chi connectivity index (χ3n) is 5.30. The van der Waals surface area contributed by atoms with Crippen LogP contribution in [-0.2, 0) is 6.54 Å². The van der Waals surface area contributed by atoms with Crippen molar-refractivity contribution < 1.29 is 19.4 Å². The number of hydrogen-bond acceptors (Lipinski definition) is 6. The molecule has 0 aliphatic heterocycles. The second-order valence-electron chi connectivity index (χ2n) is 7.63. The van der Waals surface area contributed by atoms with Gasteiger partial charge in [0.15, 0.2) is 17.3 Å². The van der Waals surface area contributed by atoms with Crippen LogP contribution in [0.1, 0.15) is 17.3 Å². The van der Waals surface area contributed by atoms with Crippen molar-refractivity contribution in [2.24, 2.45) is 0 Å². The predicted octanol–water partition coefficient (Wildman–Crippen LogP) is 3.71. The summed E-state index contributed by atoms with van der Waals surface area (Å²) in [5.41, 5.74) is 1.76. The van der Waals surface area contributed by atoms with E-state index in [0.717, 1.165) is 10.9 Å². The van der Waals surface area contributed by atoms with Crippen molar-refractivity contribution in [3.05, 3.63) is 88.7 Å². The number of Topliss-reactive ketones (excluding diaryl/α,β-unsaturated/α-hetero) is 1. The van der Waals surface area contributed by atoms with Gasteiger partial charge in [-0.05, 0) is 31.2 Å². The van der Waals surface area contributed by atoms with Gasteiger partial charge in [0.1, 0.15) is 12.7 Å². The quantitative estimate of drug-likeness (QED) is 0.417. The van der Waals surface area contributed by atoms with E-state index in [1.165, 1.54) is 18.7 Å². The highest BCUT2D eigenvalue weighted by atomic mass is 16.5. The number of carbonyl (C=O) groups is 1. The van der Waals surface area contributed by atoms with Crippen LogP contribution in [0, 0.1) is 0 Å². The standard InChI is InChI=1S/C26H24N2O5/c1-17(29)19-12-13-23(24(14-19)32-2)33-16-20(30)15-28-26(31)22-11-7-6-10-21(22)25(27-28)18-8-4-3-5-9-18/h3-14,20,30H,15-16H2,1-2H3/t20-/m0/s1. The summed E-state index contributed by atoms with van der Waals surface area (Å²) in [7, 11) is 1.48. The summed E-state index contributed by atoms with van der Waals surface area (Å²) < 4.78 is 12.3. The number of hydrogen-bond donors (Lipinski definition) is 1. The van der Waals surface area contributed by atoms with Crippen molar-refractivity contribution in [1.82, 2.24) is 9.78 Å². The van der Waals surface area contributed by atoms with Crippen molar-refractivity contribution in [2.75, 3.05) is 13.7 Å². The Balaban J connectivity index is 1.59. The lowest BCUT2D eigenvalue weighted by Crippen LogP contribution is -2.32. The van der Waals surface area contributed by atoms with E-state index in [1.54, 1.807) is 30.3 Å². The Morgan fingerprint density at radius 1 is 1.00 bits per heavy atom. The van der Waals surface area contributed by atoms with Gasteiger partial charge in [-0.25, -0.2) is 4.68 Å². The van der Waals surface area contributed by atoms with Gasteiger partial charge in [0.2, 0.25) is 0 Å². The van der Waals surface area contributed by atoms with Crippen LogP contribution < -0.4 is 15.0 Å². The van der Waals surface area contributed by atoms with Crippen molar-refractivity contribution in [1.29, 1.82) is 0 Å². The van der Waals surface area contributed by atoms with Gasteiger partial charge in [-0.15, -0.1) is 0 Å². The molecule has 7 nitrogen and oxygen atoms in total. The Bertz CT molecular complexity index is 1350. The molecule has 1 heterocycles. The van der Waals surface area contributed by atoms with Gasteiger partial charge in [-0.3, -0.25) is 9.59 Å². The van der Waals surface area contributed by atoms with Crippen LogP contribution in [0.4, 0.5) is 0 Å². The largest absolute Gasteiger partial charge is 0.493 e. The van der Waals surface area contributed by atoms with Gasteiger partial charge < -0.3 is 14.6 Å². The number of ketones is 1. The first-order valence-electron chi connectivity index (χ1n) is 10.5. The highest BCUT2D eigenvalue weighted by molar-refractivity contribution is 5.95. The highest BCUT2D eigenvalue weighted by Gasteiger charge is 2.16. The summed E-state index contributed by atoms with van der Waals surface area (Å²) in [6.45, 7) is 1.34. The molecule has 7 heteroatoms. The van der Waals surface area contributed by atoms with E-state index in [-0.39, 0.29) is 24.5 Å². The first kappa shape index (κ1) is 22.2. The molecule has 33 heavy (non-hydrogen) atoms. The molecule has 0 aliphatic carbocycles. The number of benzene rings is 3. The summed E-state index contributed by atoms with van der Waals surface area (Å²) in [4.78, 5) is 24.6. The number of aromatic nitrogens is 2. The van der Waals surface area contributed by atoms with Crippen LogP contribution in [0.3, 0.4) is 0 Å². The Morgan fingerprint density at radius 2 is 1.70 bits per heavy atom. The summed E-state index contributed by atoms with van der Waals surface area (Å²) in [5, 5.41) is 16.4. The molecule has 0 spiro atoms. The maximum Gasteiger partial charge on any atom is 0.274 e. The third-order valence-corrected chi connectivity index (χ3v) is 5.30. The lowest BCUT2D eigenvalue weighted by Gasteiger charge is -2.17. The van der Waals surface area contributed by atoms with Crippen molar-refractivity contribution in [2.45, 2.75) is 19.6 Å². The fourth-order valence-corrected chi connectivity index (χ4v) is 3.61. The SMILES string of the molecule is COc1cc(C(C)=O)ccc1OC[C@@H](O)Cn1nc(-c2ccccc2)c2ccccc2c1=O. The molecular formula is C26H24N2O5. The zero-order chi connectivity index (χ0) is 23.4. The van der Waals surface area contributed by atoms with E-state index in [0.29, 0.717) is 28.1 Å². The molecule has 1 aromatic heterocycles. The Labute approximate surface area is 190 Å². The fraction of sp³-hybridized carbons (Fsp3) is 0.192. The molecule has 168 valence electrons. The van der Waals surface area contributed by atoms with Crippen LogP contribution in [-0.4, -0.2) is 40.5 Å². The van der Waals surface area contributed by atoms with Crippen molar-refractivity contribution in [3.8, 4) is 22.8 Å². The maximum absolute atomic E-state index is 13.0. The predicted molar refractivity (Wildman–Crippen MR) is 126 cm³/mol. The number of aliphatic hydroxyl groups is 1. The van der Waals surface area contributed by atoms with E-state index in [2.05, 4.69) is 5.10 Å². The minimum Gasteiger partial charge on any atom is -0.493 e. The van der Waals surface area contributed by atoms with Gasteiger partial charge in [0.25, 0.3) is 5.56 Å². The number of carbonyl (C=O) groups excluding carboxylic acids is 1. The third kappa shape index (κ3) is 4.78. The zero-order valence-electron chi connectivity index (χ0n) is 18.4. The smallest absolute Gasteiger partial charge is 0.274 e. The van der Waals surface area contributed by atoms with Crippen LogP contribution in [0.15, 0.2) is 77.6 Å². The zero-order valence-corrected chi connectivity index (χ0v) is 18.4. The Morgan fingerprint density at radius 3 is 2.39 bits per heavy atom. The monoisotopic (exact) mass is 444 g/mol. The molecule has 0 amide bonds. The van der Waals surface area contributed by atoms with Crippen molar-refractivity contribution >= 4 is 16.6 Å². The molecule has 0 saturated carbocycles. The van der Waals surface area contributed by atoms with E-state index in [9.17, 15) is 14.7 Å². The lowest BCUT2D eigenvalue weighted by molar-refractivity contribution is 0.0867. The molecule has 1 N–H and O–H groups in total. The summed E-state index contributed by atoms with van der Waals surface area (Å²) >= 11 is 0. The topological polar surface area (TPSA) is 90.7 Å². The number of methoxy groups -OCH3 is 1. The van der Waals surface area contributed by atoms with E-state index in [1.807, 2.05) is 42.5 Å². The summed E-state index contributed by atoms with van der Waals surface area (Å²) in [6, 6.07) is 21.7. The van der Waals surface area contributed by atoms with Gasteiger partial charge in [-0.1, -0.05) is 48.5 Å². The molecular weight excluding hydrogens is 420 g/mol. The van der Waals surface area contributed by atoms with Crippen LogP contribution in [0.25, 0.3) is 22.0 Å². The van der Waals surface area contributed by atoms with E-state index in [4.69, 9.17) is 9.47 Å². The molecule has 0 radical (unpaired) electrons. The fourth-order valence-electron chi connectivity index (χ4n) is 3.61. The highest BCUT2D eigenvalue weighted by Crippen LogP contribution is 2.28. The molecule has 3 aromatic carbocycles. The van der Waals surface area contributed by atoms with E-state index >= 15 is 0 Å². The number of ether oxygens (including phenoxy) is 2. The second-order valence-corrected chi connectivity index (χ2v) is 7.63. The van der Waals surface area contributed by atoms with Crippen LogP contribution in [0.2, 0.25) is 0 Å². The molecule has 0 fully saturated rings. The molecule has 0 aliphatic rings. The van der Waals surface area contributed by atoms with E-state index < -0.39 is 6.10 Å². The maximum atomic E-state index is 13.0. The normalized spacial score (nSPS) is 11.8. The molecule has 0 saturated heterocycles. The van der Waals surface area contributed by atoms with Crippen molar-refractivity contribution in [3.63, 3.8) is 0 Å². The molecule has 4 aromatic rings. The molecule has 0 bridgehead atoms. The van der Waals surface area contributed by atoms with Gasteiger partial charge in [-0.2, -0.15) is 5.10 Å². The molecule has 1 atom stereocenters. The van der Waals surface area contributed by atoms with Crippen LogP contribution >= 0.6 is 0 Å². The average Bonchev–Trinajstić information content (AvgIpc) is 2.84. The van der Waals surface area contributed by atoms with Crippen LogP contribution in [0.5, 0.6) is 11.5 Å². The van der Waals surface area contributed by atoms with Gasteiger partial charge >= 0.3 is 0 Å². The number of aliphatic hydroxyl groups excluding tert-OH is 1. The Hall–Kier alpha value is -3.97. The lowest BCUT2D eigenvalue weighted by atomic mass is 10.1. The van der Waals surface area contributed by atoms with Gasteiger partial charge in [0, 0.05) is 16.5 Å². The second kappa shape index (κ2) is 9.67. The Kier molecular flexibility index (Phi) is 6.51. The first-order chi connectivity index (χ1) is 16.0. The molecule has 4 rings (SSSR count). The number of nitrogens with zero attached hydrogens (tertiary/aromatic N) is 2. The minimum absolute atomic E-state index is 0.0443. The number of rotatable bonds is 8. The molecule has 0 unspecified atom stereocenters. The van der Waals surface area contributed by atoms with Gasteiger partial charge in [0.05, 0.1) is 24.7 Å². The minimum atomic E-state index is -1.00. The average molecular weight is 444 g/mol. The summed E-state index contributed by atoms with van der Waals surface area (Å²) in [5.74, 6) is 0.698. The summed E-state index contributed by atoms with van der Waals surface area (Å²) in [6.07, 6.45) is -1.00. The first-order valence-corrected chi connectivity index (χ1v) is 10.5.